The third-order valence-electron chi connectivity index (χ3n) is 6.03. The maximum atomic E-state index is 13.0. The molecule has 0 spiro atoms. The van der Waals surface area contributed by atoms with Crippen LogP contribution in [0.4, 0.5) is 0 Å². The number of hydrogen-bond acceptors (Lipinski definition) is 8. The van der Waals surface area contributed by atoms with E-state index in [0.29, 0.717) is 30.4 Å². The lowest BCUT2D eigenvalue weighted by Crippen LogP contribution is -2.39. The Balaban J connectivity index is 1.59. The number of carbonyl (C=O) groups excluding carboxylic acids is 1. The van der Waals surface area contributed by atoms with Gasteiger partial charge < -0.3 is 9.84 Å². The number of aryl methyl sites for hydroxylation is 1. The average Bonchev–Trinajstić information content (AvgIpc) is 3.40. The van der Waals surface area contributed by atoms with Crippen LogP contribution in [0, 0.1) is 0 Å². The Labute approximate surface area is 201 Å². The van der Waals surface area contributed by atoms with Gasteiger partial charge in [0.2, 0.25) is 0 Å². The summed E-state index contributed by atoms with van der Waals surface area (Å²) < 4.78 is 9.71. The molecule has 1 fully saturated rings. The second kappa shape index (κ2) is 11.6. The number of imidazole rings is 1. The fourth-order valence-corrected chi connectivity index (χ4v) is 7.26. The van der Waals surface area contributed by atoms with E-state index in [4.69, 9.17) is 4.74 Å². The van der Waals surface area contributed by atoms with E-state index in [1.807, 2.05) is 21.6 Å². The van der Waals surface area contributed by atoms with E-state index in [0.717, 1.165) is 19.3 Å². The summed E-state index contributed by atoms with van der Waals surface area (Å²) >= 11 is 0. The molecule has 1 N–H and O–H groups in total. The maximum Gasteiger partial charge on any atom is 0.332 e. The Bertz CT molecular complexity index is 1070. The van der Waals surface area contributed by atoms with Gasteiger partial charge in [-0.3, -0.25) is 23.3 Å². The Morgan fingerprint density at radius 1 is 1.30 bits per heavy atom. The Morgan fingerprint density at radius 3 is 2.79 bits per heavy atom. The molecular formula is C22H34N4O5S2. The molecule has 0 bridgehead atoms. The molecule has 2 aromatic rings. The number of carbonyl (C=O) groups is 1. The van der Waals surface area contributed by atoms with Gasteiger partial charge in [0.05, 0.1) is 6.10 Å². The van der Waals surface area contributed by atoms with Crippen LogP contribution in [0.3, 0.4) is 0 Å². The van der Waals surface area contributed by atoms with Gasteiger partial charge in [-0.2, -0.15) is 0 Å². The lowest BCUT2D eigenvalue weighted by atomic mass is 9.99. The van der Waals surface area contributed by atoms with Crippen LogP contribution in [0.25, 0.3) is 11.2 Å². The highest BCUT2D eigenvalue weighted by atomic mass is 33.1. The zero-order valence-corrected chi connectivity index (χ0v) is 21.3. The summed E-state index contributed by atoms with van der Waals surface area (Å²) in [6.45, 7) is 4.14. The first-order valence-corrected chi connectivity index (χ1v) is 13.8. The molecule has 0 saturated carbocycles. The Kier molecular flexibility index (Phi) is 9.11. The topological polar surface area (TPSA) is 108 Å². The van der Waals surface area contributed by atoms with E-state index in [2.05, 4.69) is 11.9 Å². The maximum absolute atomic E-state index is 13.0. The van der Waals surface area contributed by atoms with E-state index in [1.165, 1.54) is 32.2 Å². The predicted octanol–water partition coefficient (Wildman–Crippen LogP) is 3.05. The first-order chi connectivity index (χ1) is 15.7. The van der Waals surface area contributed by atoms with Crippen LogP contribution < -0.4 is 11.2 Å². The Hall–Kier alpha value is -1.72. The van der Waals surface area contributed by atoms with Crippen molar-refractivity contribution in [3.63, 3.8) is 0 Å². The highest BCUT2D eigenvalue weighted by Crippen LogP contribution is 2.49. The van der Waals surface area contributed by atoms with E-state index >= 15 is 0 Å². The number of aliphatic hydroxyl groups excluding tert-OH is 1. The molecule has 1 saturated heterocycles. The number of fused-ring (bicyclic) bond motifs is 1. The molecule has 11 heteroatoms. The molecule has 1 aliphatic rings. The average molecular weight is 499 g/mol. The fourth-order valence-electron chi connectivity index (χ4n) is 3.96. The number of unbranched alkanes of at least 4 members (excludes halogenated alkanes) is 2. The van der Waals surface area contributed by atoms with Gasteiger partial charge in [0.25, 0.3) is 5.56 Å². The second-order valence-electron chi connectivity index (χ2n) is 8.99. The highest BCUT2D eigenvalue weighted by Gasteiger charge is 2.29. The molecule has 184 valence electrons. The summed E-state index contributed by atoms with van der Waals surface area (Å²) in [6.07, 6.45) is 7.33. The Morgan fingerprint density at radius 2 is 2.09 bits per heavy atom. The number of ether oxygens (including phenoxy) is 1. The van der Waals surface area contributed by atoms with Crippen molar-refractivity contribution in [2.75, 3.05) is 5.75 Å². The number of aromatic nitrogens is 4. The normalized spacial score (nSPS) is 19.3. The summed E-state index contributed by atoms with van der Waals surface area (Å²) in [4.78, 5) is 42.0. The van der Waals surface area contributed by atoms with Gasteiger partial charge in [-0.15, -0.1) is 0 Å². The van der Waals surface area contributed by atoms with Gasteiger partial charge in [0.1, 0.15) is 6.33 Å². The van der Waals surface area contributed by atoms with Crippen molar-refractivity contribution >= 4 is 38.7 Å². The van der Waals surface area contributed by atoms with Crippen LogP contribution in [-0.2, 0) is 29.9 Å². The minimum absolute atomic E-state index is 0.116. The number of nitrogens with zero attached hydrogens (tertiary/aromatic N) is 4. The minimum Gasteiger partial charge on any atom is -0.444 e. The van der Waals surface area contributed by atoms with Crippen LogP contribution in [0.2, 0.25) is 0 Å². The van der Waals surface area contributed by atoms with E-state index in [1.54, 1.807) is 14.0 Å². The molecule has 0 aliphatic carbocycles. The van der Waals surface area contributed by atoms with E-state index in [-0.39, 0.29) is 30.4 Å². The van der Waals surface area contributed by atoms with E-state index < -0.39 is 17.4 Å². The molecule has 2 atom stereocenters. The van der Waals surface area contributed by atoms with Crippen molar-refractivity contribution in [2.45, 2.75) is 89.3 Å². The fraction of sp³-hybridized carbons (Fsp3) is 0.727. The first kappa shape index (κ1) is 25.9. The molecule has 0 amide bonds. The van der Waals surface area contributed by atoms with Crippen LogP contribution in [0.1, 0.15) is 65.2 Å². The highest BCUT2D eigenvalue weighted by molar-refractivity contribution is 8.77. The van der Waals surface area contributed by atoms with Gasteiger partial charge >= 0.3 is 11.7 Å². The minimum atomic E-state index is -0.445. The quantitative estimate of drug-likeness (QED) is 0.270. The van der Waals surface area contributed by atoms with Gasteiger partial charge in [-0.25, -0.2) is 9.78 Å². The largest absolute Gasteiger partial charge is 0.444 e. The molecule has 2 aromatic heterocycles. The molecule has 0 aromatic carbocycles. The summed E-state index contributed by atoms with van der Waals surface area (Å²) in [5.74, 6) is 0.885. The van der Waals surface area contributed by atoms with Crippen LogP contribution in [0.15, 0.2) is 15.9 Å². The van der Waals surface area contributed by atoms with Gasteiger partial charge in [-0.05, 0) is 52.4 Å². The molecule has 1 aliphatic heterocycles. The third kappa shape index (κ3) is 6.66. The molecule has 0 unspecified atom stereocenters. The monoisotopic (exact) mass is 498 g/mol. The van der Waals surface area contributed by atoms with Crippen molar-refractivity contribution in [1.29, 1.82) is 0 Å². The van der Waals surface area contributed by atoms with Crippen molar-refractivity contribution in [3.05, 3.63) is 27.2 Å². The summed E-state index contributed by atoms with van der Waals surface area (Å²) in [5, 5.41) is 9.40. The van der Waals surface area contributed by atoms with Crippen LogP contribution in [-0.4, -0.2) is 46.4 Å². The predicted molar refractivity (Wildman–Crippen MR) is 132 cm³/mol. The SMILES string of the molecule is C[C@H](O)CCCCn1c(=O)c2c(ncn2COC(=O)CCCC[C@]2(C)CCSS2)n(C)c1=O. The lowest BCUT2D eigenvalue weighted by Gasteiger charge is -2.20. The third-order valence-corrected chi connectivity index (χ3v) is 9.39. The summed E-state index contributed by atoms with van der Waals surface area (Å²) in [5.41, 5.74) is -0.372. The molecule has 0 radical (unpaired) electrons. The molecule has 3 heterocycles. The van der Waals surface area contributed by atoms with E-state index in [9.17, 15) is 19.5 Å². The van der Waals surface area contributed by atoms with Crippen LogP contribution >= 0.6 is 21.6 Å². The zero-order valence-electron chi connectivity index (χ0n) is 19.6. The van der Waals surface area contributed by atoms with Crippen LogP contribution in [0.5, 0.6) is 0 Å². The van der Waals surface area contributed by atoms with Crippen molar-refractivity contribution in [3.8, 4) is 0 Å². The first-order valence-electron chi connectivity index (χ1n) is 11.5. The zero-order chi connectivity index (χ0) is 24.0. The van der Waals surface area contributed by atoms with Gasteiger partial charge in [-0.1, -0.05) is 28.0 Å². The molecule has 3 rings (SSSR count). The molecular weight excluding hydrogens is 464 g/mol. The van der Waals surface area contributed by atoms with Gasteiger partial charge in [0, 0.05) is 30.5 Å². The number of aliphatic hydroxyl groups is 1. The summed E-state index contributed by atoms with van der Waals surface area (Å²) in [7, 11) is 5.44. The number of hydrogen-bond donors (Lipinski definition) is 1. The van der Waals surface area contributed by atoms with Crippen molar-refractivity contribution < 1.29 is 14.6 Å². The molecule has 9 nitrogen and oxygen atoms in total. The number of rotatable bonds is 12. The molecule has 33 heavy (non-hydrogen) atoms. The lowest BCUT2D eigenvalue weighted by molar-refractivity contribution is -0.147. The summed E-state index contributed by atoms with van der Waals surface area (Å²) in [6, 6.07) is 0. The van der Waals surface area contributed by atoms with Crippen molar-refractivity contribution in [2.24, 2.45) is 7.05 Å². The van der Waals surface area contributed by atoms with Gasteiger partial charge in [0.15, 0.2) is 17.9 Å². The number of esters is 1. The smallest absolute Gasteiger partial charge is 0.332 e. The van der Waals surface area contributed by atoms with Crippen molar-refractivity contribution in [1.82, 2.24) is 18.7 Å². The standard InChI is InChI=1S/C22H34N4O5S2/c1-16(27)8-5-7-12-26-20(29)18-19(24(3)21(26)30)23-14-25(18)15-31-17(28)9-4-6-10-22(2)11-13-32-33-22/h14,16,27H,4-13,15H2,1-3H3/t16-,22+/m0/s1. The second-order valence-corrected chi connectivity index (χ2v) is 12.0.